The molecule has 0 unspecified atom stereocenters. The maximum atomic E-state index is 5.96. The van der Waals surface area contributed by atoms with Crippen molar-refractivity contribution in [3.63, 3.8) is 0 Å². The first-order valence-corrected chi connectivity index (χ1v) is 14.2. The van der Waals surface area contributed by atoms with Gasteiger partial charge in [0.05, 0.1) is 23.8 Å². The van der Waals surface area contributed by atoms with Crippen LogP contribution >= 0.6 is 20.2 Å². The number of benzene rings is 5. The quantitative estimate of drug-likeness (QED) is 0.122. The van der Waals surface area contributed by atoms with E-state index in [0.29, 0.717) is 11.5 Å². The summed E-state index contributed by atoms with van der Waals surface area (Å²) in [5.74, 6) is 1.37. The first-order chi connectivity index (χ1) is 17.8. The van der Waals surface area contributed by atoms with Crippen LogP contribution < -0.4 is 0 Å². The molecule has 6 aromatic rings. The molecular weight excluding hydrogens is 531 g/mol. The van der Waals surface area contributed by atoms with Gasteiger partial charge in [-0.3, -0.25) is 9.98 Å². The molecule has 1 aromatic heterocycles. The molecule has 36 heavy (non-hydrogen) atoms. The summed E-state index contributed by atoms with van der Waals surface area (Å²) in [4.78, 5) is 9.50. The molecule has 6 rings (SSSR count). The van der Waals surface area contributed by atoms with Crippen LogP contribution in [0.1, 0.15) is 11.5 Å². The molecule has 0 spiro atoms. The summed E-state index contributed by atoms with van der Waals surface area (Å²) in [6.45, 7) is 0. The van der Waals surface area contributed by atoms with Gasteiger partial charge in [0.15, 0.2) is 0 Å². The van der Waals surface area contributed by atoms with Crippen molar-refractivity contribution in [1.29, 1.82) is 0 Å². The third-order valence-electron chi connectivity index (χ3n) is 5.81. The van der Waals surface area contributed by atoms with Crippen LogP contribution in [0.2, 0.25) is 0 Å². The second kappa shape index (κ2) is 11.6. The van der Waals surface area contributed by atoms with Gasteiger partial charge in [-0.2, -0.15) is 0 Å². The zero-order valence-electron chi connectivity index (χ0n) is 19.0. The van der Waals surface area contributed by atoms with E-state index in [-0.39, 0.29) is 13.1 Å². The van der Waals surface area contributed by atoms with Crippen LogP contribution in [0.3, 0.4) is 0 Å². The molecule has 0 saturated carbocycles. The van der Waals surface area contributed by atoms with Crippen LogP contribution in [0.25, 0.3) is 32.3 Å². The van der Waals surface area contributed by atoms with Gasteiger partial charge in [-0.1, -0.05) is 84.9 Å². The summed E-state index contributed by atoms with van der Waals surface area (Å²) in [6.07, 6.45) is 3.54. The molecule has 0 N–H and O–H groups in total. The van der Waals surface area contributed by atoms with Crippen molar-refractivity contribution >= 4 is 76.3 Å². The van der Waals surface area contributed by atoms with Crippen molar-refractivity contribution in [3.05, 3.63) is 121 Å². The number of furan rings is 1. The number of aliphatic imine (C=N–C) groups is 2. The average Bonchev–Trinajstić information content (AvgIpc) is 3.38. The zero-order valence-corrected chi connectivity index (χ0v) is 21.6. The molecule has 0 saturated heterocycles. The van der Waals surface area contributed by atoms with Gasteiger partial charge in [0.25, 0.3) is 0 Å². The van der Waals surface area contributed by atoms with Gasteiger partial charge < -0.3 is 4.42 Å². The minimum absolute atomic E-state index is 0.194. The first-order valence-electron chi connectivity index (χ1n) is 11.2. The Morgan fingerprint density at radius 2 is 1.06 bits per heavy atom. The molecule has 3 nitrogen and oxygen atoms in total. The molecule has 0 amide bonds. The summed E-state index contributed by atoms with van der Waals surface area (Å²) in [7, 11) is 9.53. The topological polar surface area (TPSA) is 37.9 Å². The molecule has 5 aromatic carbocycles. The van der Waals surface area contributed by atoms with E-state index in [2.05, 4.69) is 65.7 Å². The van der Waals surface area contributed by atoms with Crippen molar-refractivity contribution < 1.29 is 17.6 Å². The Bertz CT molecular complexity index is 1650. The second-order valence-electron chi connectivity index (χ2n) is 7.97. The van der Waals surface area contributed by atoms with Crippen molar-refractivity contribution in [2.75, 3.05) is 0 Å². The number of fused-ring (bicyclic) bond motifs is 3. The molecule has 0 fully saturated rings. The van der Waals surface area contributed by atoms with Gasteiger partial charge in [-0.15, -0.1) is 0 Å². The Hall–Kier alpha value is -3.40. The predicted molar refractivity (Wildman–Crippen MR) is 150 cm³/mol. The Kier molecular flexibility index (Phi) is 7.80. The number of nitrogens with zero attached hydrogens (tertiary/aromatic N) is 2. The Morgan fingerprint density at radius 3 is 1.69 bits per heavy atom. The molecule has 0 radical (unpaired) electrons. The fourth-order valence-corrected chi connectivity index (χ4v) is 4.22. The van der Waals surface area contributed by atoms with Crippen LogP contribution in [0.15, 0.2) is 124 Å². The van der Waals surface area contributed by atoms with Crippen LogP contribution in [-0.4, -0.2) is 12.4 Å². The fourth-order valence-electron chi connectivity index (χ4n) is 4.22. The third kappa shape index (κ3) is 5.38. The summed E-state index contributed by atoms with van der Waals surface area (Å²) in [5, 5.41) is 6.87. The standard InChI is InChI=1S/C30H20N2O.2ClH.Fe/c1-4-12-26-21(8-1)11-7-15-29(26)31-19-24-16-17-25(33-24)20-32-30-27-13-5-2-9-22(27)18-23-10-3-6-14-28(23)30;;;/h1-20H;2*1H;/q;;;+2/p-2. The Labute approximate surface area is 223 Å². The van der Waals surface area contributed by atoms with E-state index in [1.54, 1.807) is 12.4 Å². The molecule has 1 heterocycles. The molecule has 0 atom stereocenters. The summed E-state index contributed by atoms with van der Waals surface area (Å²) in [6, 6.07) is 37.1. The van der Waals surface area contributed by atoms with Gasteiger partial charge in [-0.25, -0.2) is 0 Å². The van der Waals surface area contributed by atoms with Gasteiger partial charge in [0, 0.05) is 16.2 Å². The van der Waals surface area contributed by atoms with Crippen LogP contribution in [-0.2, 0) is 13.1 Å². The molecule has 0 bridgehead atoms. The van der Waals surface area contributed by atoms with Gasteiger partial charge in [-0.05, 0) is 40.4 Å². The first kappa shape index (κ1) is 24.3. The monoisotopic (exact) mass is 550 g/mol. The SMILES string of the molecule is C(=Nc1cccc2ccccc12)c1ccc(C=Nc2c3ccccc3cc3ccccc23)o1.[Cl][Fe][Cl]. The van der Waals surface area contributed by atoms with E-state index in [1.807, 2.05) is 48.5 Å². The van der Waals surface area contributed by atoms with E-state index >= 15 is 0 Å². The van der Waals surface area contributed by atoms with E-state index in [1.165, 1.54) is 16.2 Å². The van der Waals surface area contributed by atoms with E-state index in [4.69, 9.17) is 29.6 Å². The fraction of sp³-hybridized carbons (Fsp3) is 0. The second-order valence-corrected chi connectivity index (χ2v) is 9.80. The van der Waals surface area contributed by atoms with Crippen LogP contribution in [0.5, 0.6) is 0 Å². The maximum absolute atomic E-state index is 5.96. The number of hydrogen-bond acceptors (Lipinski definition) is 3. The number of hydrogen-bond donors (Lipinski definition) is 0. The zero-order chi connectivity index (χ0) is 24.7. The minimum atomic E-state index is 0.194. The van der Waals surface area contributed by atoms with Crippen LogP contribution in [0, 0.1) is 0 Å². The molecule has 178 valence electrons. The van der Waals surface area contributed by atoms with Gasteiger partial charge in [0.1, 0.15) is 11.5 Å². The van der Waals surface area contributed by atoms with Crippen molar-refractivity contribution in [1.82, 2.24) is 0 Å². The summed E-state index contributed by atoms with van der Waals surface area (Å²) >= 11 is 0.194. The molecule has 6 heteroatoms. The van der Waals surface area contributed by atoms with Crippen molar-refractivity contribution in [2.45, 2.75) is 0 Å². The Balaban J connectivity index is 0.000000848. The van der Waals surface area contributed by atoms with E-state index < -0.39 is 0 Å². The normalized spacial score (nSPS) is 11.6. The van der Waals surface area contributed by atoms with Crippen molar-refractivity contribution in [2.24, 2.45) is 9.98 Å². The van der Waals surface area contributed by atoms with Gasteiger partial charge in [0.2, 0.25) is 0 Å². The van der Waals surface area contributed by atoms with Crippen LogP contribution in [0.4, 0.5) is 11.4 Å². The number of rotatable bonds is 4. The molecular formula is C30H20Cl2FeN2O. The van der Waals surface area contributed by atoms with E-state index in [0.717, 1.165) is 27.5 Å². The Morgan fingerprint density at radius 1 is 0.556 bits per heavy atom. The summed E-state index contributed by atoms with van der Waals surface area (Å²) < 4.78 is 5.96. The molecule has 0 aliphatic carbocycles. The van der Waals surface area contributed by atoms with Gasteiger partial charge >= 0.3 is 33.3 Å². The molecule has 0 aliphatic rings. The van der Waals surface area contributed by atoms with Crippen molar-refractivity contribution in [3.8, 4) is 0 Å². The number of halogens is 2. The molecule has 0 aliphatic heterocycles. The summed E-state index contributed by atoms with van der Waals surface area (Å²) in [5.41, 5.74) is 1.87. The third-order valence-corrected chi connectivity index (χ3v) is 5.81. The van der Waals surface area contributed by atoms with E-state index in [9.17, 15) is 0 Å². The average molecular weight is 551 g/mol. The predicted octanol–water partition coefficient (Wildman–Crippen LogP) is 9.62.